The molecule has 1 atom stereocenters. The standard InChI is InChI=1S/C20H32N4O3.HI/c1-20(2,3)27-19(25)24-12-8-7-10-16(24)13-22-18(21)23-17-11-6-5-9-15(17)14-26-4;/h5-6,9,11,16H,7-8,10,12-14H2,1-4H3,(H3,21,22,23);1H. The minimum absolute atomic E-state index is 0. The molecule has 1 amide bonds. The Labute approximate surface area is 185 Å². The van der Waals surface area contributed by atoms with Crippen LogP contribution in [0.3, 0.4) is 0 Å². The number of halogens is 1. The van der Waals surface area contributed by atoms with Crippen LogP contribution in [0.5, 0.6) is 0 Å². The molecule has 2 rings (SSSR count). The molecule has 1 aromatic rings. The van der Waals surface area contributed by atoms with Crippen molar-refractivity contribution >= 4 is 41.7 Å². The number of benzene rings is 1. The van der Waals surface area contributed by atoms with E-state index in [2.05, 4.69) is 10.3 Å². The summed E-state index contributed by atoms with van der Waals surface area (Å²) in [6.07, 6.45) is 2.68. The van der Waals surface area contributed by atoms with Gasteiger partial charge in [0.05, 0.1) is 19.2 Å². The molecular formula is C20H33IN4O3. The highest BCUT2D eigenvalue weighted by atomic mass is 127. The number of anilines is 1. The van der Waals surface area contributed by atoms with Crippen molar-refractivity contribution in [3.05, 3.63) is 29.8 Å². The molecule has 0 spiro atoms. The first-order valence-electron chi connectivity index (χ1n) is 9.43. The number of carbonyl (C=O) groups is 1. The summed E-state index contributed by atoms with van der Waals surface area (Å²) in [5.41, 5.74) is 7.44. The van der Waals surface area contributed by atoms with Gasteiger partial charge in [-0.2, -0.15) is 0 Å². The summed E-state index contributed by atoms with van der Waals surface area (Å²) in [6, 6.07) is 7.80. The number of hydrogen-bond acceptors (Lipinski definition) is 4. The zero-order chi connectivity index (χ0) is 19.9. The summed E-state index contributed by atoms with van der Waals surface area (Å²) in [7, 11) is 1.66. The Balaban J connectivity index is 0.00000392. The van der Waals surface area contributed by atoms with E-state index in [9.17, 15) is 4.79 Å². The molecule has 1 aliphatic rings. The molecule has 0 saturated carbocycles. The number of nitrogens with zero attached hydrogens (tertiary/aromatic N) is 2. The highest BCUT2D eigenvalue weighted by Crippen LogP contribution is 2.21. The molecule has 1 saturated heterocycles. The third-order valence-corrected chi connectivity index (χ3v) is 4.31. The van der Waals surface area contributed by atoms with E-state index in [0.717, 1.165) is 30.5 Å². The highest BCUT2D eigenvalue weighted by molar-refractivity contribution is 14.0. The maximum absolute atomic E-state index is 12.5. The van der Waals surface area contributed by atoms with Crippen LogP contribution in [-0.4, -0.2) is 48.8 Å². The second-order valence-corrected chi connectivity index (χ2v) is 7.76. The van der Waals surface area contributed by atoms with Gasteiger partial charge in [-0.15, -0.1) is 24.0 Å². The number of likely N-dealkylation sites (tertiary alicyclic amines) is 1. The third kappa shape index (κ3) is 7.83. The number of rotatable bonds is 5. The monoisotopic (exact) mass is 504 g/mol. The number of para-hydroxylation sites is 1. The molecule has 3 N–H and O–H groups in total. The molecule has 158 valence electrons. The second kappa shape index (κ2) is 11.5. The summed E-state index contributed by atoms with van der Waals surface area (Å²) < 4.78 is 10.7. The summed E-state index contributed by atoms with van der Waals surface area (Å²) in [4.78, 5) is 18.7. The van der Waals surface area contributed by atoms with E-state index in [0.29, 0.717) is 25.7 Å². The van der Waals surface area contributed by atoms with Crippen molar-refractivity contribution in [3.8, 4) is 0 Å². The fourth-order valence-electron chi connectivity index (χ4n) is 3.06. The lowest BCUT2D eigenvalue weighted by molar-refractivity contribution is 0.0110. The first kappa shape index (κ1) is 24.5. The van der Waals surface area contributed by atoms with Gasteiger partial charge in [0, 0.05) is 24.9 Å². The Morgan fingerprint density at radius 1 is 1.32 bits per heavy atom. The molecule has 0 bridgehead atoms. The molecular weight excluding hydrogens is 471 g/mol. The van der Waals surface area contributed by atoms with E-state index < -0.39 is 5.60 Å². The number of guanidine groups is 1. The lowest BCUT2D eigenvalue weighted by Crippen LogP contribution is -2.47. The Morgan fingerprint density at radius 2 is 2.04 bits per heavy atom. The smallest absolute Gasteiger partial charge is 0.410 e. The van der Waals surface area contributed by atoms with Crippen molar-refractivity contribution in [1.29, 1.82) is 0 Å². The van der Waals surface area contributed by atoms with E-state index in [1.54, 1.807) is 12.0 Å². The number of piperidine rings is 1. The van der Waals surface area contributed by atoms with Crippen LogP contribution < -0.4 is 11.1 Å². The SMILES string of the molecule is COCc1ccccc1NC(N)=NCC1CCCCN1C(=O)OC(C)(C)C.I. The van der Waals surface area contributed by atoms with Crippen molar-refractivity contribution in [2.24, 2.45) is 10.7 Å². The summed E-state index contributed by atoms with van der Waals surface area (Å²) in [5, 5.41) is 3.13. The van der Waals surface area contributed by atoms with Crippen molar-refractivity contribution in [2.45, 2.75) is 58.3 Å². The molecule has 8 heteroatoms. The van der Waals surface area contributed by atoms with Gasteiger partial charge in [-0.3, -0.25) is 4.99 Å². The predicted octanol–water partition coefficient (Wildman–Crippen LogP) is 3.97. The average Bonchev–Trinajstić information content (AvgIpc) is 2.60. The van der Waals surface area contributed by atoms with E-state index in [1.165, 1.54) is 0 Å². The van der Waals surface area contributed by atoms with Crippen LogP contribution in [0.15, 0.2) is 29.3 Å². The zero-order valence-electron chi connectivity index (χ0n) is 17.2. The molecule has 1 fully saturated rings. The summed E-state index contributed by atoms with van der Waals surface area (Å²) in [6.45, 7) is 7.26. The van der Waals surface area contributed by atoms with Gasteiger partial charge in [0.25, 0.3) is 0 Å². The number of amides is 1. The highest BCUT2D eigenvalue weighted by Gasteiger charge is 2.30. The Morgan fingerprint density at radius 3 is 2.71 bits per heavy atom. The van der Waals surface area contributed by atoms with Gasteiger partial charge < -0.3 is 25.4 Å². The largest absolute Gasteiger partial charge is 0.444 e. The predicted molar refractivity (Wildman–Crippen MR) is 123 cm³/mol. The van der Waals surface area contributed by atoms with E-state index in [-0.39, 0.29) is 36.1 Å². The van der Waals surface area contributed by atoms with Crippen LogP contribution in [0.25, 0.3) is 0 Å². The number of aliphatic imine (C=N–C) groups is 1. The maximum Gasteiger partial charge on any atom is 0.410 e. The van der Waals surface area contributed by atoms with Gasteiger partial charge in [-0.1, -0.05) is 18.2 Å². The fourth-order valence-corrected chi connectivity index (χ4v) is 3.06. The number of nitrogens with one attached hydrogen (secondary N) is 1. The Kier molecular flexibility index (Phi) is 10.0. The second-order valence-electron chi connectivity index (χ2n) is 7.76. The van der Waals surface area contributed by atoms with Crippen molar-refractivity contribution in [3.63, 3.8) is 0 Å². The van der Waals surface area contributed by atoms with Crippen molar-refractivity contribution < 1.29 is 14.3 Å². The zero-order valence-corrected chi connectivity index (χ0v) is 19.6. The van der Waals surface area contributed by atoms with Gasteiger partial charge in [0.2, 0.25) is 0 Å². The van der Waals surface area contributed by atoms with Gasteiger partial charge in [0.1, 0.15) is 5.60 Å². The van der Waals surface area contributed by atoms with Crippen LogP contribution in [0.2, 0.25) is 0 Å². The fraction of sp³-hybridized carbons (Fsp3) is 0.600. The molecule has 7 nitrogen and oxygen atoms in total. The van der Waals surface area contributed by atoms with Crippen LogP contribution in [0, 0.1) is 0 Å². The lowest BCUT2D eigenvalue weighted by Gasteiger charge is -2.36. The number of ether oxygens (including phenoxy) is 2. The molecule has 1 heterocycles. The van der Waals surface area contributed by atoms with Crippen LogP contribution >= 0.6 is 24.0 Å². The third-order valence-electron chi connectivity index (χ3n) is 4.31. The van der Waals surface area contributed by atoms with Crippen molar-refractivity contribution in [2.75, 3.05) is 25.5 Å². The number of methoxy groups -OCH3 is 1. The minimum atomic E-state index is -0.506. The quantitative estimate of drug-likeness (QED) is 0.360. The average molecular weight is 504 g/mol. The van der Waals surface area contributed by atoms with Crippen LogP contribution in [-0.2, 0) is 16.1 Å². The maximum atomic E-state index is 12.5. The van der Waals surface area contributed by atoms with E-state index in [1.807, 2.05) is 45.0 Å². The first-order chi connectivity index (χ1) is 12.8. The number of nitrogens with two attached hydrogens (primary N) is 1. The Hall–Kier alpha value is -1.55. The van der Waals surface area contributed by atoms with Crippen LogP contribution in [0.1, 0.15) is 45.6 Å². The minimum Gasteiger partial charge on any atom is -0.444 e. The van der Waals surface area contributed by atoms with E-state index in [4.69, 9.17) is 15.2 Å². The van der Waals surface area contributed by atoms with E-state index >= 15 is 0 Å². The van der Waals surface area contributed by atoms with Gasteiger partial charge in [0.15, 0.2) is 5.96 Å². The van der Waals surface area contributed by atoms with Crippen LogP contribution in [0.4, 0.5) is 10.5 Å². The molecule has 1 aromatic carbocycles. The number of carbonyl (C=O) groups excluding carboxylic acids is 1. The molecule has 1 aliphatic heterocycles. The van der Waals surface area contributed by atoms with Gasteiger partial charge >= 0.3 is 6.09 Å². The lowest BCUT2D eigenvalue weighted by atomic mass is 10.0. The van der Waals surface area contributed by atoms with Gasteiger partial charge in [-0.05, 0) is 46.1 Å². The molecule has 1 unspecified atom stereocenters. The topological polar surface area (TPSA) is 89.2 Å². The summed E-state index contributed by atoms with van der Waals surface area (Å²) >= 11 is 0. The molecule has 0 radical (unpaired) electrons. The number of hydrogen-bond donors (Lipinski definition) is 2. The summed E-state index contributed by atoms with van der Waals surface area (Å²) in [5.74, 6) is 0.327. The van der Waals surface area contributed by atoms with Crippen molar-refractivity contribution in [1.82, 2.24) is 4.90 Å². The molecule has 28 heavy (non-hydrogen) atoms. The molecule has 0 aromatic heterocycles. The van der Waals surface area contributed by atoms with Gasteiger partial charge in [-0.25, -0.2) is 4.79 Å². The Bertz CT molecular complexity index is 661. The molecule has 0 aliphatic carbocycles. The first-order valence-corrected chi connectivity index (χ1v) is 9.43. The normalized spacial score (nSPS) is 17.6.